The van der Waals surface area contributed by atoms with Gasteiger partial charge in [0.15, 0.2) is 6.61 Å². The summed E-state index contributed by atoms with van der Waals surface area (Å²) >= 11 is 3.06. The van der Waals surface area contributed by atoms with Gasteiger partial charge in [0, 0.05) is 22.3 Å². The first-order valence-corrected chi connectivity index (χ1v) is 8.50. The van der Waals surface area contributed by atoms with Crippen molar-refractivity contribution < 1.29 is 23.5 Å². The first-order chi connectivity index (χ1) is 12.4. The van der Waals surface area contributed by atoms with Crippen molar-refractivity contribution in [1.29, 1.82) is 0 Å². The Kier molecular flexibility index (Phi) is 6.85. The minimum atomic E-state index is -0.761. The molecular formula is C18H16BrFN2O4. The number of hydrogen-bond acceptors (Lipinski definition) is 4. The quantitative estimate of drug-likeness (QED) is 0.700. The van der Waals surface area contributed by atoms with Gasteiger partial charge in [-0.2, -0.15) is 0 Å². The van der Waals surface area contributed by atoms with Crippen LogP contribution in [0.1, 0.15) is 27.6 Å². The van der Waals surface area contributed by atoms with Crippen LogP contribution in [-0.4, -0.2) is 30.9 Å². The largest absolute Gasteiger partial charge is 0.452 e. The van der Waals surface area contributed by atoms with Crippen molar-refractivity contribution in [3.8, 4) is 0 Å². The SMILES string of the molecule is CCNC(=O)c1cccc(NC(=O)COC(=O)c2ccc(F)cc2Br)c1. The number of benzene rings is 2. The number of ether oxygens (including phenoxy) is 1. The van der Waals surface area contributed by atoms with E-state index in [1.165, 1.54) is 12.1 Å². The van der Waals surface area contributed by atoms with E-state index in [0.29, 0.717) is 17.8 Å². The molecule has 2 N–H and O–H groups in total. The Balaban J connectivity index is 1.93. The normalized spacial score (nSPS) is 10.1. The molecule has 0 bridgehead atoms. The Morgan fingerprint density at radius 1 is 1.15 bits per heavy atom. The smallest absolute Gasteiger partial charge is 0.339 e. The van der Waals surface area contributed by atoms with E-state index in [1.54, 1.807) is 25.1 Å². The third kappa shape index (κ3) is 5.38. The predicted octanol–water partition coefficient (Wildman–Crippen LogP) is 3.13. The molecule has 0 heterocycles. The molecule has 6 nitrogen and oxygen atoms in total. The molecule has 0 spiro atoms. The molecule has 136 valence electrons. The lowest BCUT2D eigenvalue weighted by atomic mass is 10.2. The number of amides is 2. The van der Waals surface area contributed by atoms with Crippen molar-refractivity contribution in [2.45, 2.75) is 6.92 Å². The summed E-state index contributed by atoms with van der Waals surface area (Å²) in [5.74, 6) is -2.08. The van der Waals surface area contributed by atoms with E-state index < -0.39 is 24.3 Å². The lowest BCUT2D eigenvalue weighted by Crippen LogP contribution is -2.23. The molecule has 2 aromatic rings. The molecule has 0 aliphatic rings. The summed E-state index contributed by atoms with van der Waals surface area (Å²) in [5.41, 5.74) is 0.909. The number of esters is 1. The molecule has 2 rings (SSSR count). The van der Waals surface area contributed by atoms with Gasteiger partial charge < -0.3 is 15.4 Å². The monoisotopic (exact) mass is 422 g/mol. The van der Waals surface area contributed by atoms with Gasteiger partial charge in [-0.05, 0) is 59.3 Å². The average Bonchev–Trinajstić information content (AvgIpc) is 2.60. The van der Waals surface area contributed by atoms with E-state index in [0.717, 1.165) is 12.1 Å². The molecule has 0 radical (unpaired) electrons. The summed E-state index contributed by atoms with van der Waals surface area (Å²) < 4.78 is 18.2. The average molecular weight is 423 g/mol. The maximum atomic E-state index is 13.0. The number of carbonyl (C=O) groups excluding carboxylic acids is 3. The standard InChI is InChI=1S/C18H16BrFN2O4/c1-2-21-17(24)11-4-3-5-13(8-11)22-16(23)10-26-18(25)14-7-6-12(20)9-15(14)19/h3-9H,2,10H2,1H3,(H,21,24)(H,22,23). The predicted molar refractivity (Wildman–Crippen MR) is 97.5 cm³/mol. The second kappa shape index (κ2) is 9.10. The minimum Gasteiger partial charge on any atom is -0.452 e. The van der Waals surface area contributed by atoms with Crippen LogP contribution in [0, 0.1) is 5.82 Å². The van der Waals surface area contributed by atoms with Crippen LogP contribution in [-0.2, 0) is 9.53 Å². The fourth-order valence-electron chi connectivity index (χ4n) is 2.06. The molecular weight excluding hydrogens is 407 g/mol. The summed E-state index contributed by atoms with van der Waals surface area (Å²) in [5, 5.41) is 5.20. The number of carbonyl (C=O) groups is 3. The van der Waals surface area contributed by atoms with Gasteiger partial charge in [-0.25, -0.2) is 9.18 Å². The molecule has 0 saturated heterocycles. The zero-order valence-corrected chi connectivity index (χ0v) is 15.4. The molecule has 0 fully saturated rings. The van der Waals surface area contributed by atoms with Crippen molar-refractivity contribution >= 4 is 39.4 Å². The van der Waals surface area contributed by atoms with E-state index in [1.807, 2.05) is 0 Å². The zero-order valence-electron chi connectivity index (χ0n) is 13.8. The Morgan fingerprint density at radius 2 is 1.92 bits per heavy atom. The summed E-state index contributed by atoms with van der Waals surface area (Å²) in [6.45, 7) is 1.77. The molecule has 0 unspecified atom stereocenters. The Morgan fingerprint density at radius 3 is 2.62 bits per heavy atom. The number of halogens is 2. The fourth-order valence-corrected chi connectivity index (χ4v) is 2.57. The van der Waals surface area contributed by atoms with Crippen LogP contribution in [0.3, 0.4) is 0 Å². The van der Waals surface area contributed by atoms with Crippen LogP contribution < -0.4 is 10.6 Å². The van der Waals surface area contributed by atoms with Gasteiger partial charge in [-0.3, -0.25) is 9.59 Å². The molecule has 8 heteroatoms. The van der Waals surface area contributed by atoms with Gasteiger partial charge in [-0.1, -0.05) is 6.07 Å². The highest BCUT2D eigenvalue weighted by Crippen LogP contribution is 2.19. The molecule has 0 aromatic heterocycles. The molecule has 2 aromatic carbocycles. The van der Waals surface area contributed by atoms with Gasteiger partial charge in [0.1, 0.15) is 5.82 Å². The third-order valence-electron chi connectivity index (χ3n) is 3.23. The molecule has 0 aliphatic heterocycles. The van der Waals surface area contributed by atoms with Gasteiger partial charge in [-0.15, -0.1) is 0 Å². The van der Waals surface area contributed by atoms with E-state index in [2.05, 4.69) is 26.6 Å². The summed E-state index contributed by atoms with van der Waals surface area (Å²) in [4.78, 5) is 35.7. The van der Waals surface area contributed by atoms with Crippen molar-refractivity contribution in [1.82, 2.24) is 5.32 Å². The zero-order chi connectivity index (χ0) is 19.1. The van der Waals surface area contributed by atoms with Crippen LogP contribution in [0.4, 0.5) is 10.1 Å². The molecule has 0 aliphatic carbocycles. The Bertz CT molecular complexity index is 842. The van der Waals surface area contributed by atoms with Crippen LogP contribution in [0.5, 0.6) is 0 Å². The summed E-state index contributed by atoms with van der Waals surface area (Å²) in [6, 6.07) is 9.88. The maximum absolute atomic E-state index is 13.0. The van der Waals surface area contributed by atoms with Crippen LogP contribution in [0.25, 0.3) is 0 Å². The third-order valence-corrected chi connectivity index (χ3v) is 3.89. The van der Waals surface area contributed by atoms with E-state index in [4.69, 9.17) is 4.74 Å². The molecule has 26 heavy (non-hydrogen) atoms. The van der Waals surface area contributed by atoms with Gasteiger partial charge in [0.2, 0.25) is 0 Å². The van der Waals surface area contributed by atoms with E-state index in [9.17, 15) is 18.8 Å². The maximum Gasteiger partial charge on any atom is 0.339 e. The van der Waals surface area contributed by atoms with Crippen molar-refractivity contribution in [3.05, 3.63) is 63.9 Å². The Labute approximate surface area is 157 Å². The highest BCUT2D eigenvalue weighted by molar-refractivity contribution is 9.10. The number of rotatable bonds is 6. The topological polar surface area (TPSA) is 84.5 Å². The molecule has 0 saturated carbocycles. The van der Waals surface area contributed by atoms with Crippen LogP contribution in [0.15, 0.2) is 46.9 Å². The second-order valence-electron chi connectivity index (χ2n) is 5.19. The van der Waals surface area contributed by atoms with Gasteiger partial charge in [0.05, 0.1) is 5.56 Å². The number of nitrogens with one attached hydrogen (secondary N) is 2. The first kappa shape index (κ1) is 19.6. The first-order valence-electron chi connectivity index (χ1n) is 7.71. The van der Waals surface area contributed by atoms with E-state index >= 15 is 0 Å². The van der Waals surface area contributed by atoms with Crippen LogP contribution >= 0.6 is 15.9 Å². The van der Waals surface area contributed by atoms with Crippen molar-refractivity contribution in [2.75, 3.05) is 18.5 Å². The Hall–Kier alpha value is -2.74. The van der Waals surface area contributed by atoms with Gasteiger partial charge >= 0.3 is 5.97 Å². The van der Waals surface area contributed by atoms with E-state index in [-0.39, 0.29) is 15.9 Å². The second-order valence-corrected chi connectivity index (χ2v) is 6.04. The van der Waals surface area contributed by atoms with Crippen molar-refractivity contribution in [3.63, 3.8) is 0 Å². The summed E-state index contributed by atoms with van der Waals surface area (Å²) in [6.07, 6.45) is 0. The molecule has 2 amide bonds. The number of anilines is 1. The minimum absolute atomic E-state index is 0.109. The van der Waals surface area contributed by atoms with Crippen molar-refractivity contribution in [2.24, 2.45) is 0 Å². The lowest BCUT2D eigenvalue weighted by molar-refractivity contribution is -0.119. The highest BCUT2D eigenvalue weighted by atomic mass is 79.9. The molecule has 0 atom stereocenters. The highest BCUT2D eigenvalue weighted by Gasteiger charge is 2.14. The summed E-state index contributed by atoms with van der Waals surface area (Å²) in [7, 11) is 0. The lowest BCUT2D eigenvalue weighted by Gasteiger charge is -2.09. The fraction of sp³-hybridized carbons (Fsp3) is 0.167. The van der Waals surface area contributed by atoms with Crippen LogP contribution in [0.2, 0.25) is 0 Å². The number of hydrogen-bond donors (Lipinski definition) is 2. The van der Waals surface area contributed by atoms with Gasteiger partial charge in [0.25, 0.3) is 11.8 Å².